The number of nitrogens with zero attached hydrogens (tertiary/aromatic N) is 1. The Bertz CT molecular complexity index is 585. The molecule has 19 heavy (non-hydrogen) atoms. The van der Waals surface area contributed by atoms with Gasteiger partial charge >= 0.3 is 0 Å². The lowest BCUT2D eigenvalue weighted by molar-refractivity contribution is -0.387. The fourth-order valence-corrected chi connectivity index (χ4v) is 4.51. The third kappa shape index (κ3) is 2.62. The molecule has 0 bridgehead atoms. The van der Waals surface area contributed by atoms with Gasteiger partial charge in [0.15, 0.2) is 9.84 Å². The van der Waals surface area contributed by atoms with Crippen LogP contribution in [0.15, 0.2) is 29.2 Å². The first-order valence-corrected chi connectivity index (χ1v) is 7.66. The van der Waals surface area contributed by atoms with E-state index in [4.69, 9.17) is 0 Å². The number of nitrogens with one attached hydrogen (secondary N) is 1. The highest BCUT2D eigenvalue weighted by Crippen LogP contribution is 2.33. The maximum Gasteiger partial charge on any atom is 0.287 e. The lowest BCUT2D eigenvalue weighted by atomic mass is 10.3. The van der Waals surface area contributed by atoms with Gasteiger partial charge in [-0.25, -0.2) is 8.42 Å². The highest BCUT2D eigenvalue weighted by atomic mass is 32.2. The standard InChI is InChI=1S/C12H16N2O4S/c1-13-9-6-7-10(8-9)19(17,18)12-5-3-2-4-11(12)14(15)16/h2-5,9-10,13H,6-8H2,1H3. The van der Waals surface area contributed by atoms with E-state index in [1.165, 1.54) is 24.3 Å². The summed E-state index contributed by atoms with van der Waals surface area (Å²) in [5.41, 5.74) is -0.338. The largest absolute Gasteiger partial charge is 0.317 e. The molecule has 6 nitrogen and oxygen atoms in total. The lowest BCUT2D eigenvalue weighted by Crippen LogP contribution is -2.25. The molecule has 1 aromatic rings. The van der Waals surface area contributed by atoms with Crippen molar-refractivity contribution in [2.75, 3.05) is 7.05 Å². The van der Waals surface area contributed by atoms with E-state index in [0.717, 1.165) is 6.42 Å². The van der Waals surface area contributed by atoms with Crippen molar-refractivity contribution in [2.45, 2.75) is 35.4 Å². The van der Waals surface area contributed by atoms with Crippen LogP contribution in [0.25, 0.3) is 0 Å². The SMILES string of the molecule is CNC1CCC(S(=O)(=O)c2ccccc2[N+](=O)[O-])C1. The molecular weight excluding hydrogens is 268 g/mol. The molecule has 0 saturated heterocycles. The second kappa shape index (κ2) is 5.26. The highest BCUT2D eigenvalue weighted by molar-refractivity contribution is 7.92. The van der Waals surface area contributed by atoms with Gasteiger partial charge in [0.05, 0.1) is 10.2 Å². The Kier molecular flexibility index (Phi) is 3.86. The van der Waals surface area contributed by atoms with Crippen molar-refractivity contribution in [3.05, 3.63) is 34.4 Å². The Morgan fingerprint density at radius 2 is 2.00 bits per heavy atom. The number of para-hydroxylation sites is 1. The molecular formula is C12H16N2O4S. The van der Waals surface area contributed by atoms with E-state index in [-0.39, 0.29) is 16.6 Å². The number of nitro groups is 1. The second-order valence-electron chi connectivity index (χ2n) is 4.69. The van der Waals surface area contributed by atoms with Gasteiger partial charge in [-0.05, 0) is 32.4 Å². The predicted molar refractivity (Wildman–Crippen MR) is 70.8 cm³/mol. The van der Waals surface area contributed by atoms with Gasteiger partial charge in [-0.3, -0.25) is 10.1 Å². The molecule has 1 aliphatic rings. The van der Waals surface area contributed by atoms with Gasteiger partial charge < -0.3 is 5.32 Å². The number of hydrogen-bond acceptors (Lipinski definition) is 5. The molecule has 104 valence electrons. The van der Waals surface area contributed by atoms with E-state index < -0.39 is 20.0 Å². The first kappa shape index (κ1) is 14.0. The summed E-state index contributed by atoms with van der Waals surface area (Å²) in [6.07, 6.45) is 1.83. The van der Waals surface area contributed by atoms with Crippen molar-refractivity contribution in [3.63, 3.8) is 0 Å². The van der Waals surface area contributed by atoms with Crippen LogP contribution in [0.5, 0.6) is 0 Å². The lowest BCUT2D eigenvalue weighted by Gasteiger charge is -2.12. The smallest absolute Gasteiger partial charge is 0.287 e. The molecule has 0 heterocycles. The van der Waals surface area contributed by atoms with E-state index >= 15 is 0 Å². The summed E-state index contributed by atoms with van der Waals surface area (Å²) in [4.78, 5) is 10.1. The van der Waals surface area contributed by atoms with Crippen molar-refractivity contribution in [2.24, 2.45) is 0 Å². The van der Waals surface area contributed by atoms with Gasteiger partial charge in [0, 0.05) is 12.1 Å². The Hall–Kier alpha value is -1.47. The average molecular weight is 284 g/mol. The van der Waals surface area contributed by atoms with E-state index in [0.29, 0.717) is 12.8 Å². The Morgan fingerprint density at radius 3 is 2.58 bits per heavy atom. The van der Waals surface area contributed by atoms with Gasteiger partial charge in [0.25, 0.3) is 5.69 Å². The first-order chi connectivity index (χ1) is 8.96. The fourth-order valence-electron chi connectivity index (χ4n) is 2.51. The average Bonchev–Trinajstić information content (AvgIpc) is 2.88. The molecule has 0 radical (unpaired) electrons. The highest BCUT2D eigenvalue weighted by Gasteiger charge is 2.37. The van der Waals surface area contributed by atoms with E-state index in [2.05, 4.69) is 5.32 Å². The van der Waals surface area contributed by atoms with Crippen LogP contribution in [0.2, 0.25) is 0 Å². The van der Waals surface area contributed by atoms with Crippen LogP contribution in [-0.2, 0) is 9.84 Å². The van der Waals surface area contributed by atoms with Crippen molar-refractivity contribution in [3.8, 4) is 0 Å². The summed E-state index contributed by atoms with van der Waals surface area (Å²) in [7, 11) is -1.84. The van der Waals surface area contributed by atoms with Gasteiger partial charge in [0.1, 0.15) is 4.90 Å². The Balaban J connectivity index is 2.38. The molecule has 2 rings (SSSR count). The molecule has 1 fully saturated rings. The summed E-state index contributed by atoms with van der Waals surface area (Å²) in [5, 5.41) is 13.5. The molecule has 0 spiro atoms. The summed E-state index contributed by atoms with van der Waals surface area (Å²) in [6.45, 7) is 0. The fraction of sp³-hybridized carbons (Fsp3) is 0.500. The predicted octanol–water partition coefficient (Wildman–Crippen LogP) is 1.51. The van der Waals surface area contributed by atoms with Gasteiger partial charge in [-0.15, -0.1) is 0 Å². The molecule has 0 aliphatic heterocycles. The maximum atomic E-state index is 12.5. The zero-order valence-corrected chi connectivity index (χ0v) is 11.4. The number of hydrogen-bond donors (Lipinski definition) is 1. The van der Waals surface area contributed by atoms with Crippen molar-refractivity contribution in [1.29, 1.82) is 0 Å². The molecule has 0 aromatic heterocycles. The van der Waals surface area contributed by atoms with Gasteiger partial charge in [-0.2, -0.15) is 0 Å². The van der Waals surface area contributed by atoms with Crippen LogP contribution in [0, 0.1) is 10.1 Å². The molecule has 1 N–H and O–H groups in total. The summed E-state index contributed by atoms with van der Waals surface area (Å²) < 4.78 is 25.0. The van der Waals surface area contributed by atoms with Crippen molar-refractivity contribution >= 4 is 15.5 Å². The Labute approximate surface area is 111 Å². The maximum absolute atomic E-state index is 12.5. The van der Waals surface area contributed by atoms with Gasteiger partial charge in [0.2, 0.25) is 0 Å². The molecule has 2 unspecified atom stereocenters. The van der Waals surface area contributed by atoms with E-state index in [1.54, 1.807) is 7.05 Å². The zero-order chi connectivity index (χ0) is 14.0. The monoisotopic (exact) mass is 284 g/mol. The van der Waals surface area contributed by atoms with Crippen molar-refractivity contribution in [1.82, 2.24) is 5.32 Å². The van der Waals surface area contributed by atoms with Crippen LogP contribution in [0.3, 0.4) is 0 Å². The van der Waals surface area contributed by atoms with Crippen molar-refractivity contribution < 1.29 is 13.3 Å². The zero-order valence-electron chi connectivity index (χ0n) is 10.6. The number of sulfone groups is 1. The van der Waals surface area contributed by atoms with Crippen LogP contribution < -0.4 is 5.32 Å². The number of benzene rings is 1. The Morgan fingerprint density at radius 1 is 1.32 bits per heavy atom. The molecule has 1 aromatic carbocycles. The van der Waals surface area contributed by atoms with E-state index in [1.807, 2.05) is 0 Å². The second-order valence-corrected chi connectivity index (χ2v) is 6.89. The minimum atomic E-state index is -3.64. The summed E-state index contributed by atoms with van der Waals surface area (Å²) >= 11 is 0. The topological polar surface area (TPSA) is 89.3 Å². The van der Waals surface area contributed by atoms with Crippen LogP contribution in [0.1, 0.15) is 19.3 Å². The van der Waals surface area contributed by atoms with E-state index in [9.17, 15) is 18.5 Å². The normalized spacial score (nSPS) is 23.4. The first-order valence-electron chi connectivity index (χ1n) is 6.11. The number of rotatable bonds is 4. The summed E-state index contributed by atoms with van der Waals surface area (Å²) in [6, 6.07) is 5.71. The molecule has 7 heteroatoms. The van der Waals surface area contributed by atoms with Gasteiger partial charge in [-0.1, -0.05) is 12.1 Å². The van der Waals surface area contributed by atoms with Crippen LogP contribution >= 0.6 is 0 Å². The number of nitro benzene ring substituents is 1. The quantitative estimate of drug-likeness (QED) is 0.668. The molecule has 0 amide bonds. The third-order valence-electron chi connectivity index (χ3n) is 3.60. The summed E-state index contributed by atoms with van der Waals surface area (Å²) in [5.74, 6) is 0. The van der Waals surface area contributed by atoms with Crippen LogP contribution in [0.4, 0.5) is 5.69 Å². The molecule has 1 saturated carbocycles. The third-order valence-corrected chi connectivity index (χ3v) is 5.86. The molecule has 1 aliphatic carbocycles. The minimum Gasteiger partial charge on any atom is -0.317 e. The van der Waals surface area contributed by atoms with Crippen LogP contribution in [-0.4, -0.2) is 31.7 Å². The molecule has 2 atom stereocenters. The minimum absolute atomic E-state index is 0.165.